The molecule has 0 bridgehead atoms. The van der Waals surface area contributed by atoms with Crippen LogP contribution in [0.5, 0.6) is 0 Å². The Labute approximate surface area is 116 Å². The molecule has 0 radical (unpaired) electrons. The van der Waals surface area contributed by atoms with E-state index in [1.807, 2.05) is 12.3 Å². The molecule has 0 amide bonds. The molecule has 2 heteroatoms. The van der Waals surface area contributed by atoms with Crippen molar-refractivity contribution in [2.24, 2.45) is 5.92 Å². The first kappa shape index (κ1) is 13.9. The predicted molar refractivity (Wildman–Crippen MR) is 80.9 cm³/mol. The average Bonchev–Trinajstić information content (AvgIpc) is 2.97. The van der Waals surface area contributed by atoms with Crippen LogP contribution in [0.3, 0.4) is 0 Å². The molecule has 1 aromatic carbocycles. The van der Waals surface area contributed by atoms with E-state index in [2.05, 4.69) is 60.5 Å². The molecule has 0 aliphatic heterocycles. The second-order valence-electron chi connectivity index (χ2n) is 5.04. The lowest BCUT2D eigenvalue weighted by Crippen LogP contribution is -2.27. The Balaban J connectivity index is 2.10. The minimum Gasteiger partial charge on any atom is -0.364 e. The Bertz CT molecular complexity index is 443. The molecule has 2 rings (SSSR count). The summed E-state index contributed by atoms with van der Waals surface area (Å²) in [5, 5.41) is 3.71. The van der Waals surface area contributed by atoms with Crippen molar-refractivity contribution >= 4 is 0 Å². The highest BCUT2D eigenvalue weighted by molar-refractivity contribution is 5.20. The van der Waals surface area contributed by atoms with Crippen LogP contribution in [0.15, 0.2) is 48.7 Å². The van der Waals surface area contributed by atoms with Crippen LogP contribution >= 0.6 is 0 Å². The van der Waals surface area contributed by atoms with Crippen LogP contribution in [0.4, 0.5) is 0 Å². The molecule has 0 saturated heterocycles. The molecule has 0 spiro atoms. The van der Waals surface area contributed by atoms with Gasteiger partial charge < -0.3 is 10.3 Å². The van der Waals surface area contributed by atoms with Gasteiger partial charge >= 0.3 is 0 Å². The minimum atomic E-state index is 0.430. The van der Waals surface area contributed by atoms with Crippen molar-refractivity contribution in [1.82, 2.24) is 10.3 Å². The number of hydrogen-bond acceptors (Lipinski definition) is 1. The van der Waals surface area contributed by atoms with Gasteiger partial charge in [0.25, 0.3) is 0 Å². The molecule has 2 aromatic rings. The second kappa shape index (κ2) is 7.15. The zero-order valence-corrected chi connectivity index (χ0v) is 11.9. The van der Waals surface area contributed by atoms with E-state index in [9.17, 15) is 0 Å². The van der Waals surface area contributed by atoms with Gasteiger partial charge in [0, 0.05) is 24.5 Å². The van der Waals surface area contributed by atoms with Gasteiger partial charge in [-0.2, -0.15) is 0 Å². The van der Waals surface area contributed by atoms with Gasteiger partial charge in [-0.3, -0.25) is 0 Å². The number of nitrogens with one attached hydrogen (secondary N) is 2. The summed E-state index contributed by atoms with van der Waals surface area (Å²) in [7, 11) is 0. The van der Waals surface area contributed by atoms with E-state index < -0.39 is 0 Å². The van der Waals surface area contributed by atoms with E-state index in [1.165, 1.54) is 24.1 Å². The molecule has 102 valence electrons. The smallest absolute Gasteiger partial charge is 0.0362 e. The highest BCUT2D eigenvalue weighted by Crippen LogP contribution is 2.27. The molecule has 1 aromatic heterocycles. The summed E-state index contributed by atoms with van der Waals surface area (Å²) in [4.78, 5) is 3.26. The maximum atomic E-state index is 3.71. The second-order valence-corrected chi connectivity index (χ2v) is 5.04. The fourth-order valence-corrected chi connectivity index (χ4v) is 2.67. The van der Waals surface area contributed by atoms with Crippen molar-refractivity contribution in [3.63, 3.8) is 0 Å². The maximum absolute atomic E-state index is 3.71. The third-order valence-corrected chi connectivity index (χ3v) is 3.85. The molecule has 0 aliphatic rings. The summed E-state index contributed by atoms with van der Waals surface area (Å²) in [5.74, 6) is 0.678. The maximum Gasteiger partial charge on any atom is 0.0362 e. The van der Waals surface area contributed by atoms with Gasteiger partial charge in [0.15, 0.2) is 0 Å². The topological polar surface area (TPSA) is 27.8 Å². The highest BCUT2D eigenvalue weighted by atomic mass is 14.9. The number of benzene rings is 1. The van der Waals surface area contributed by atoms with E-state index in [4.69, 9.17) is 0 Å². The lowest BCUT2D eigenvalue weighted by atomic mass is 9.89. The number of aromatic amines is 1. The monoisotopic (exact) mass is 256 g/mol. The predicted octanol–water partition coefficient (Wildman–Crippen LogP) is 4.28. The van der Waals surface area contributed by atoms with Gasteiger partial charge in [-0.25, -0.2) is 0 Å². The van der Waals surface area contributed by atoms with Crippen LogP contribution in [0, 0.1) is 5.92 Å². The third kappa shape index (κ3) is 3.71. The first-order chi connectivity index (χ1) is 9.35. The molecule has 19 heavy (non-hydrogen) atoms. The van der Waals surface area contributed by atoms with Crippen molar-refractivity contribution in [2.75, 3.05) is 0 Å². The molecule has 1 heterocycles. The molecule has 1 unspecified atom stereocenters. The van der Waals surface area contributed by atoms with E-state index >= 15 is 0 Å². The van der Waals surface area contributed by atoms with Crippen molar-refractivity contribution in [3.8, 4) is 0 Å². The largest absolute Gasteiger partial charge is 0.364 e. The summed E-state index contributed by atoms with van der Waals surface area (Å²) in [6.07, 6.45) is 4.38. The lowest BCUT2D eigenvalue weighted by Gasteiger charge is -2.27. The Kier molecular flexibility index (Phi) is 5.22. The van der Waals surface area contributed by atoms with Crippen molar-refractivity contribution < 1.29 is 0 Å². The van der Waals surface area contributed by atoms with Crippen LogP contribution in [0.25, 0.3) is 0 Å². The molecule has 1 atom stereocenters. The summed E-state index contributed by atoms with van der Waals surface area (Å²) in [6.45, 7) is 5.45. The first-order valence-corrected chi connectivity index (χ1v) is 7.25. The summed E-state index contributed by atoms with van der Waals surface area (Å²) in [5.41, 5.74) is 2.63. The average molecular weight is 256 g/mol. The summed E-state index contributed by atoms with van der Waals surface area (Å²) >= 11 is 0. The highest BCUT2D eigenvalue weighted by Gasteiger charge is 2.19. The quantitative estimate of drug-likeness (QED) is 0.760. The van der Waals surface area contributed by atoms with Gasteiger partial charge in [-0.15, -0.1) is 0 Å². The third-order valence-electron chi connectivity index (χ3n) is 3.85. The minimum absolute atomic E-state index is 0.430. The van der Waals surface area contributed by atoms with Gasteiger partial charge in [-0.05, 0) is 23.6 Å². The standard InChI is InChI=1S/C17H24N2/c1-3-14(4-2)17(15-9-6-5-7-10-15)19-13-16-11-8-12-18-16/h5-12,14,17-19H,3-4,13H2,1-2H3. The first-order valence-electron chi connectivity index (χ1n) is 7.25. The zero-order chi connectivity index (χ0) is 13.5. The van der Waals surface area contributed by atoms with Crippen LogP contribution in [-0.2, 0) is 6.54 Å². The van der Waals surface area contributed by atoms with Crippen LogP contribution < -0.4 is 5.32 Å². The number of rotatable bonds is 7. The normalized spacial score (nSPS) is 12.8. The number of hydrogen-bond donors (Lipinski definition) is 2. The van der Waals surface area contributed by atoms with Crippen molar-refractivity contribution in [3.05, 3.63) is 59.9 Å². The molecule has 0 aliphatic carbocycles. The van der Waals surface area contributed by atoms with Crippen molar-refractivity contribution in [1.29, 1.82) is 0 Å². The van der Waals surface area contributed by atoms with E-state index in [-0.39, 0.29) is 0 Å². The van der Waals surface area contributed by atoms with E-state index in [0.717, 1.165) is 6.54 Å². The molecule has 2 N–H and O–H groups in total. The van der Waals surface area contributed by atoms with E-state index in [1.54, 1.807) is 0 Å². The Hall–Kier alpha value is -1.54. The summed E-state index contributed by atoms with van der Waals surface area (Å²) < 4.78 is 0. The molecular weight excluding hydrogens is 232 g/mol. The molecule has 0 fully saturated rings. The fraction of sp³-hybridized carbons (Fsp3) is 0.412. The molecule has 0 saturated carbocycles. The van der Waals surface area contributed by atoms with Gasteiger partial charge in [0.1, 0.15) is 0 Å². The van der Waals surface area contributed by atoms with Gasteiger partial charge in [0.05, 0.1) is 0 Å². The van der Waals surface area contributed by atoms with Crippen LogP contribution in [0.1, 0.15) is 44.0 Å². The number of H-pyrrole nitrogens is 1. The van der Waals surface area contributed by atoms with Crippen LogP contribution in [0.2, 0.25) is 0 Å². The number of aromatic nitrogens is 1. The van der Waals surface area contributed by atoms with Crippen LogP contribution in [-0.4, -0.2) is 4.98 Å². The van der Waals surface area contributed by atoms with Gasteiger partial charge in [-0.1, -0.05) is 57.0 Å². The van der Waals surface area contributed by atoms with Crippen molar-refractivity contribution in [2.45, 2.75) is 39.3 Å². The fourth-order valence-electron chi connectivity index (χ4n) is 2.67. The lowest BCUT2D eigenvalue weighted by molar-refractivity contribution is 0.338. The summed E-state index contributed by atoms with van der Waals surface area (Å²) in [6, 6.07) is 15.4. The van der Waals surface area contributed by atoms with E-state index in [0.29, 0.717) is 12.0 Å². The zero-order valence-electron chi connectivity index (χ0n) is 11.9. The Morgan fingerprint density at radius 3 is 2.32 bits per heavy atom. The SMILES string of the molecule is CCC(CC)C(NCc1ccc[nH]1)c1ccccc1. The van der Waals surface area contributed by atoms with Gasteiger partial charge in [0.2, 0.25) is 0 Å². The molecule has 2 nitrogen and oxygen atoms in total. The Morgan fingerprint density at radius 2 is 1.74 bits per heavy atom. The molecular formula is C17H24N2. The Morgan fingerprint density at radius 1 is 1.00 bits per heavy atom.